The summed E-state index contributed by atoms with van der Waals surface area (Å²) in [4.78, 5) is 15.5. The molecule has 0 aliphatic carbocycles. The molecule has 110 valence electrons. The van der Waals surface area contributed by atoms with Gasteiger partial charge in [0.1, 0.15) is 12.4 Å². The molecule has 0 spiro atoms. The summed E-state index contributed by atoms with van der Waals surface area (Å²) in [5.41, 5.74) is 6.66. The zero-order chi connectivity index (χ0) is 15.4. The zero-order valence-electron chi connectivity index (χ0n) is 12.4. The number of nitrogens with zero attached hydrogens (tertiary/aromatic N) is 1. The van der Waals surface area contributed by atoms with Crippen molar-refractivity contribution in [2.75, 3.05) is 0 Å². The van der Waals surface area contributed by atoms with E-state index in [1.165, 1.54) is 11.8 Å². The number of benzene rings is 1. The van der Waals surface area contributed by atoms with Crippen LogP contribution < -0.4 is 16.0 Å². The van der Waals surface area contributed by atoms with Crippen molar-refractivity contribution in [2.24, 2.45) is 5.84 Å². The van der Waals surface area contributed by atoms with E-state index in [9.17, 15) is 4.79 Å². The fourth-order valence-electron chi connectivity index (χ4n) is 2.02. The van der Waals surface area contributed by atoms with E-state index in [4.69, 9.17) is 10.6 Å². The number of ether oxygens (including phenoxy) is 1. The Labute approximate surface area is 124 Å². The number of rotatable bonds is 4. The normalized spacial score (nSPS) is 10.3. The van der Waals surface area contributed by atoms with Gasteiger partial charge in [0.2, 0.25) is 0 Å². The summed E-state index contributed by atoms with van der Waals surface area (Å²) in [5, 5.41) is 0. The fourth-order valence-corrected chi connectivity index (χ4v) is 2.02. The van der Waals surface area contributed by atoms with Gasteiger partial charge in [0.25, 0.3) is 5.91 Å². The van der Waals surface area contributed by atoms with E-state index in [0.29, 0.717) is 12.2 Å². The first-order valence-electron chi connectivity index (χ1n) is 6.68. The molecule has 5 heteroatoms. The second-order valence-corrected chi connectivity index (χ2v) is 4.95. The van der Waals surface area contributed by atoms with Gasteiger partial charge < -0.3 is 4.74 Å². The lowest BCUT2D eigenvalue weighted by Crippen LogP contribution is -2.30. The summed E-state index contributed by atoms with van der Waals surface area (Å²) in [7, 11) is 0. The van der Waals surface area contributed by atoms with Crippen molar-refractivity contribution in [1.82, 2.24) is 10.4 Å². The zero-order valence-corrected chi connectivity index (χ0v) is 12.4. The van der Waals surface area contributed by atoms with Crippen molar-refractivity contribution in [3.8, 4) is 5.75 Å². The van der Waals surface area contributed by atoms with Gasteiger partial charge in [-0.15, -0.1) is 0 Å². The highest BCUT2D eigenvalue weighted by Gasteiger charge is 2.08. The van der Waals surface area contributed by atoms with Gasteiger partial charge in [-0.2, -0.15) is 0 Å². The number of hydrogen-bond donors (Lipinski definition) is 2. The predicted molar refractivity (Wildman–Crippen MR) is 80.9 cm³/mol. The van der Waals surface area contributed by atoms with Crippen LogP contribution in [0.5, 0.6) is 5.75 Å². The maximum Gasteiger partial charge on any atom is 0.266 e. The SMILES string of the molecule is Cc1ccc(C)c(OCc2ccc(C(=O)NN)cn2)c1C. The summed E-state index contributed by atoms with van der Waals surface area (Å²) in [5.74, 6) is 5.60. The highest BCUT2D eigenvalue weighted by atomic mass is 16.5. The maximum absolute atomic E-state index is 11.3. The Bertz CT molecular complexity index is 651. The molecule has 1 aromatic heterocycles. The standard InChI is InChI=1S/C16H19N3O2/c1-10-4-5-11(2)15(12(10)3)21-9-14-7-6-13(8-18-14)16(20)19-17/h4-8H,9,17H2,1-3H3,(H,19,20). The molecule has 0 aliphatic rings. The van der Waals surface area contributed by atoms with Gasteiger partial charge in [0.05, 0.1) is 11.3 Å². The van der Waals surface area contributed by atoms with E-state index >= 15 is 0 Å². The van der Waals surface area contributed by atoms with Gasteiger partial charge in [-0.1, -0.05) is 12.1 Å². The van der Waals surface area contributed by atoms with E-state index in [1.54, 1.807) is 12.1 Å². The highest BCUT2D eigenvalue weighted by molar-refractivity contribution is 5.93. The van der Waals surface area contributed by atoms with E-state index in [2.05, 4.69) is 23.4 Å². The van der Waals surface area contributed by atoms with E-state index in [1.807, 2.05) is 19.9 Å². The number of pyridine rings is 1. The maximum atomic E-state index is 11.3. The lowest BCUT2D eigenvalue weighted by atomic mass is 10.1. The van der Waals surface area contributed by atoms with Crippen LogP contribution >= 0.6 is 0 Å². The van der Waals surface area contributed by atoms with Crippen LogP contribution in [0, 0.1) is 20.8 Å². The molecule has 2 rings (SSSR count). The molecule has 0 saturated heterocycles. The quantitative estimate of drug-likeness (QED) is 0.513. The number of hydrogen-bond acceptors (Lipinski definition) is 4. The average Bonchev–Trinajstić information content (AvgIpc) is 2.51. The van der Waals surface area contributed by atoms with Crippen LogP contribution in [0.25, 0.3) is 0 Å². The summed E-state index contributed by atoms with van der Waals surface area (Å²) in [6, 6.07) is 7.55. The van der Waals surface area contributed by atoms with Crippen LogP contribution in [0.3, 0.4) is 0 Å². The molecule has 1 aromatic carbocycles. The molecule has 2 aromatic rings. The Balaban J connectivity index is 2.10. The average molecular weight is 285 g/mol. The molecule has 0 unspecified atom stereocenters. The number of carbonyl (C=O) groups is 1. The lowest BCUT2D eigenvalue weighted by molar-refractivity contribution is 0.0953. The van der Waals surface area contributed by atoms with Crippen molar-refractivity contribution < 1.29 is 9.53 Å². The second-order valence-electron chi connectivity index (χ2n) is 4.95. The third-order valence-electron chi connectivity index (χ3n) is 3.46. The smallest absolute Gasteiger partial charge is 0.266 e. The van der Waals surface area contributed by atoms with Crippen LogP contribution in [-0.2, 0) is 6.61 Å². The van der Waals surface area contributed by atoms with Gasteiger partial charge in [-0.25, -0.2) is 5.84 Å². The first kappa shape index (κ1) is 15.0. The van der Waals surface area contributed by atoms with E-state index in [0.717, 1.165) is 22.6 Å². The lowest BCUT2D eigenvalue weighted by Gasteiger charge is -2.13. The van der Waals surface area contributed by atoms with Crippen LogP contribution in [0.15, 0.2) is 30.5 Å². The molecule has 0 atom stereocenters. The number of nitrogens with two attached hydrogens (primary N) is 1. The van der Waals surface area contributed by atoms with E-state index in [-0.39, 0.29) is 5.91 Å². The molecular formula is C16H19N3O2. The van der Waals surface area contributed by atoms with Crippen molar-refractivity contribution in [3.05, 3.63) is 58.4 Å². The molecule has 3 N–H and O–H groups in total. The molecule has 0 fully saturated rings. The molecule has 0 radical (unpaired) electrons. The highest BCUT2D eigenvalue weighted by Crippen LogP contribution is 2.26. The number of amides is 1. The number of nitrogens with one attached hydrogen (secondary N) is 1. The Hall–Kier alpha value is -2.40. The monoisotopic (exact) mass is 285 g/mol. The first-order chi connectivity index (χ1) is 10.0. The molecule has 0 aliphatic heterocycles. The fraction of sp³-hybridized carbons (Fsp3) is 0.250. The number of carbonyl (C=O) groups excluding carboxylic acids is 1. The number of hydrazine groups is 1. The summed E-state index contributed by atoms with van der Waals surface area (Å²) < 4.78 is 5.87. The topological polar surface area (TPSA) is 77.2 Å². The third kappa shape index (κ3) is 3.38. The van der Waals surface area contributed by atoms with Crippen molar-refractivity contribution in [2.45, 2.75) is 27.4 Å². The molecule has 5 nitrogen and oxygen atoms in total. The molecule has 1 amide bonds. The third-order valence-corrected chi connectivity index (χ3v) is 3.46. The van der Waals surface area contributed by atoms with Crippen molar-refractivity contribution in [3.63, 3.8) is 0 Å². The second kappa shape index (κ2) is 6.37. The first-order valence-corrected chi connectivity index (χ1v) is 6.68. The Morgan fingerprint density at radius 2 is 1.90 bits per heavy atom. The summed E-state index contributed by atoms with van der Waals surface area (Å²) in [6.45, 7) is 6.47. The van der Waals surface area contributed by atoms with Gasteiger partial charge in [-0.05, 0) is 49.6 Å². The summed E-state index contributed by atoms with van der Waals surface area (Å²) >= 11 is 0. The Morgan fingerprint density at radius 3 is 2.52 bits per heavy atom. The molecule has 1 heterocycles. The van der Waals surface area contributed by atoms with Gasteiger partial charge in [-0.3, -0.25) is 15.2 Å². The van der Waals surface area contributed by atoms with Crippen LogP contribution in [0.1, 0.15) is 32.7 Å². The van der Waals surface area contributed by atoms with Gasteiger partial charge in [0.15, 0.2) is 0 Å². The number of aromatic nitrogens is 1. The predicted octanol–water partition coefficient (Wildman–Crippen LogP) is 2.19. The van der Waals surface area contributed by atoms with Crippen LogP contribution in [0.2, 0.25) is 0 Å². The van der Waals surface area contributed by atoms with Gasteiger partial charge >= 0.3 is 0 Å². The van der Waals surface area contributed by atoms with Crippen LogP contribution in [-0.4, -0.2) is 10.9 Å². The number of nitrogen functional groups attached to an aromatic ring is 1. The molecule has 21 heavy (non-hydrogen) atoms. The van der Waals surface area contributed by atoms with E-state index < -0.39 is 0 Å². The minimum atomic E-state index is -0.361. The van der Waals surface area contributed by atoms with Crippen molar-refractivity contribution >= 4 is 5.91 Å². The molecular weight excluding hydrogens is 266 g/mol. The minimum absolute atomic E-state index is 0.357. The minimum Gasteiger partial charge on any atom is -0.487 e. The van der Waals surface area contributed by atoms with Crippen LogP contribution in [0.4, 0.5) is 0 Å². The number of aryl methyl sites for hydroxylation is 2. The Morgan fingerprint density at radius 1 is 1.19 bits per heavy atom. The largest absolute Gasteiger partial charge is 0.487 e. The van der Waals surface area contributed by atoms with Crippen molar-refractivity contribution in [1.29, 1.82) is 0 Å². The summed E-state index contributed by atoms with van der Waals surface area (Å²) in [6.07, 6.45) is 1.48. The molecule has 0 saturated carbocycles. The molecule has 0 bridgehead atoms. The van der Waals surface area contributed by atoms with Gasteiger partial charge in [0, 0.05) is 6.20 Å². The Kier molecular flexibility index (Phi) is 4.55.